The number of primary sulfonamides is 1. The van der Waals surface area contributed by atoms with Crippen LogP contribution in [0.3, 0.4) is 0 Å². The minimum atomic E-state index is -4.17. The van der Waals surface area contributed by atoms with Gasteiger partial charge in [-0.2, -0.15) is 5.10 Å². The lowest BCUT2D eigenvalue weighted by molar-refractivity contribution is -0.388. The standard InChI is InChI=1S/C7H12N4O4S/c1-4(2)10-7(16(8,14)15)6(11(12)13)5(3)9-10/h4H,1-3H3,(H2,8,14,15). The van der Waals surface area contributed by atoms with Gasteiger partial charge in [0.1, 0.15) is 5.69 Å². The Kier molecular flexibility index (Phi) is 3.01. The van der Waals surface area contributed by atoms with Gasteiger partial charge in [-0.25, -0.2) is 18.2 Å². The van der Waals surface area contributed by atoms with Crippen molar-refractivity contribution < 1.29 is 13.3 Å². The summed E-state index contributed by atoms with van der Waals surface area (Å²) in [6.45, 7) is 4.68. The molecule has 0 radical (unpaired) electrons. The van der Waals surface area contributed by atoms with E-state index in [9.17, 15) is 18.5 Å². The zero-order valence-corrected chi connectivity index (χ0v) is 9.85. The monoisotopic (exact) mass is 248 g/mol. The smallest absolute Gasteiger partial charge is 0.258 e. The van der Waals surface area contributed by atoms with Crippen molar-refractivity contribution in [3.8, 4) is 0 Å². The molecular weight excluding hydrogens is 236 g/mol. The number of rotatable bonds is 3. The summed E-state index contributed by atoms with van der Waals surface area (Å²) in [5, 5.41) is 19.0. The lowest BCUT2D eigenvalue weighted by Gasteiger charge is -2.07. The van der Waals surface area contributed by atoms with E-state index in [0.29, 0.717) is 0 Å². The minimum Gasteiger partial charge on any atom is -0.258 e. The van der Waals surface area contributed by atoms with Crippen LogP contribution in [0.25, 0.3) is 0 Å². The highest BCUT2D eigenvalue weighted by Crippen LogP contribution is 2.28. The van der Waals surface area contributed by atoms with E-state index in [1.54, 1.807) is 13.8 Å². The van der Waals surface area contributed by atoms with E-state index < -0.39 is 25.7 Å². The van der Waals surface area contributed by atoms with Gasteiger partial charge in [0.2, 0.25) is 5.03 Å². The van der Waals surface area contributed by atoms with Crippen molar-refractivity contribution in [2.24, 2.45) is 5.14 Å². The average molecular weight is 248 g/mol. The molecule has 0 saturated carbocycles. The van der Waals surface area contributed by atoms with Crippen molar-refractivity contribution in [2.75, 3.05) is 0 Å². The first kappa shape index (κ1) is 12.6. The summed E-state index contributed by atoms with van der Waals surface area (Å²) in [6, 6.07) is -0.333. The quantitative estimate of drug-likeness (QED) is 0.610. The summed E-state index contributed by atoms with van der Waals surface area (Å²) in [7, 11) is -4.17. The molecule has 16 heavy (non-hydrogen) atoms. The molecular formula is C7H12N4O4S. The molecule has 1 rings (SSSR count). The lowest BCUT2D eigenvalue weighted by atomic mass is 10.4. The van der Waals surface area contributed by atoms with Crippen molar-refractivity contribution in [3.63, 3.8) is 0 Å². The Hall–Kier alpha value is -1.48. The number of sulfonamides is 1. The van der Waals surface area contributed by atoms with Crippen molar-refractivity contribution in [2.45, 2.75) is 31.8 Å². The van der Waals surface area contributed by atoms with Gasteiger partial charge in [0.15, 0.2) is 0 Å². The zero-order chi connectivity index (χ0) is 12.7. The van der Waals surface area contributed by atoms with Gasteiger partial charge in [-0.1, -0.05) is 0 Å². The third kappa shape index (κ3) is 2.04. The van der Waals surface area contributed by atoms with Gasteiger partial charge in [-0.3, -0.25) is 10.1 Å². The molecule has 2 N–H and O–H groups in total. The summed E-state index contributed by atoms with van der Waals surface area (Å²) >= 11 is 0. The van der Waals surface area contributed by atoms with E-state index in [-0.39, 0.29) is 11.7 Å². The highest BCUT2D eigenvalue weighted by Gasteiger charge is 2.33. The second-order valence-electron chi connectivity index (χ2n) is 3.58. The van der Waals surface area contributed by atoms with Gasteiger partial charge in [-0.15, -0.1) is 0 Å². The maximum absolute atomic E-state index is 11.3. The number of nitro groups is 1. The van der Waals surface area contributed by atoms with Crippen LogP contribution in [0, 0.1) is 17.0 Å². The maximum atomic E-state index is 11.3. The maximum Gasteiger partial charge on any atom is 0.330 e. The first-order chi connectivity index (χ1) is 7.16. The van der Waals surface area contributed by atoms with Gasteiger partial charge in [0.05, 0.1) is 4.92 Å². The van der Waals surface area contributed by atoms with Gasteiger partial charge in [0, 0.05) is 6.04 Å². The summed E-state index contributed by atoms with van der Waals surface area (Å²) in [4.78, 5) is 9.97. The van der Waals surface area contributed by atoms with Crippen molar-refractivity contribution >= 4 is 15.7 Å². The van der Waals surface area contributed by atoms with E-state index in [1.807, 2.05) is 0 Å². The Morgan fingerprint density at radius 3 is 2.31 bits per heavy atom. The van der Waals surface area contributed by atoms with E-state index in [0.717, 1.165) is 4.68 Å². The molecule has 0 aliphatic heterocycles. The van der Waals surface area contributed by atoms with E-state index in [4.69, 9.17) is 5.14 Å². The Bertz CT molecular complexity index is 531. The van der Waals surface area contributed by atoms with Crippen LogP contribution in [0.5, 0.6) is 0 Å². The van der Waals surface area contributed by atoms with Crippen LogP contribution in [0.2, 0.25) is 0 Å². The van der Waals surface area contributed by atoms with Gasteiger partial charge in [-0.05, 0) is 20.8 Å². The number of nitrogens with two attached hydrogens (primary N) is 1. The highest BCUT2D eigenvalue weighted by molar-refractivity contribution is 7.89. The van der Waals surface area contributed by atoms with Gasteiger partial charge in [0.25, 0.3) is 10.0 Å². The van der Waals surface area contributed by atoms with Crippen LogP contribution in [0.15, 0.2) is 5.03 Å². The Balaban J connectivity index is 3.70. The van der Waals surface area contributed by atoms with Gasteiger partial charge >= 0.3 is 5.69 Å². The molecule has 8 nitrogen and oxygen atoms in total. The molecule has 0 aliphatic rings. The second-order valence-corrected chi connectivity index (χ2v) is 5.06. The first-order valence-corrected chi connectivity index (χ1v) is 5.97. The Morgan fingerprint density at radius 2 is 2.00 bits per heavy atom. The Labute approximate surface area is 92.3 Å². The normalized spacial score (nSPS) is 12.1. The molecule has 1 aromatic heterocycles. The van der Waals surface area contributed by atoms with Crippen LogP contribution in [0.4, 0.5) is 5.69 Å². The number of nitrogens with zero attached hydrogens (tertiary/aromatic N) is 3. The highest BCUT2D eigenvalue weighted by atomic mass is 32.2. The fraction of sp³-hybridized carbons (Fsp3) is 0.571. The topological polar surface area (TPSA) is 121 Å². The fourth-order valence-corrected chi connectivity index (χ4v) is 2.35. The molecule has 0 fully saturated rings. The summed E-state index contributed by atoms with van der Waals surface area (Å²) in [5.41, 5.74) is -0.529. The third-order valence-corrected chi connectivity index (χ3v) is 2.87. The SMILES string of the molecule is Cc1nn(C(C)C)c(S(N)(=O)=O)c1[N+](=O)[O-]. The second kappa shape index (κ2) is 3.83. The van der Waals surface area contributed by atoms with Crippen molar-refractivity contribution in [1.82, 2.24) is 9.78 Å². The molecule has 0 atom stereocenters. The summed E-state index contributed by atoms with van der Waals surface area (Å²) < 4.78 is 23.7. The number of aryl methyl sites for hydroxylation is 1. The molecule has 9 heteroatoms. The third-order valence-electron chi connectivity index (χ3n) is 1.95. The molecule has 1 heterocycles. The predicted octanol–water partition coefficient (Wildman–Crippen LogP) is 0.328. The van der Waals surface area contributed by atoms with Crippen LogP contribution in [0.1, 0.15) is 25.6 Å². The fourth-order valence-electron chi connectivity index (χ4n) is 1.34. The van der Waals surface area contributed by atoms with Crippen LogP contribution < -0.4 is 5.14 Å². The molecule has 90 valence electrons. The molecule has 0 bridgehead atoms. The van der Waals surface area contributed by atoms with Crippen LogP contribution in [-0.2, 0) is 10.0 Å². The van der Waals surface area contributed by atoms with E-state index in [1.165, 1.54) is 6.92 Å². The molecule has 0 spiro atoms. The number of hydrogen-bond acceptors (Lipinski definition) is 5. The first-order valence-electron chi connectivity index (χ1n) is 4.42. The average Bonchev–Trinajstić information content (AvgIpc) is 2.41. The van der Waals surface area contributed by atoms with Crippen LogP contribution >= 0.6 is 0 Å². The molecule has 0 saturated heterocycles. The Morgan fingerprint density at radius 1 is 1.50 bits per heavy atom. The minimum absolute atomic E-state index is 0.0303. The summed E-state index contributed by atoms with van der Waals surface area (Å²) in [5.74, 6) is 0. The molecule has 0 aromatic carbocycles. The molecule has 0 unspecified atom stereocenters. The van der Waals surface area contributed by atoms with Crippen molar-refractivity contribution in [3.05, 3.63) is 15.8 Å². The predicted molar refractivity (Wildman–Crippen MR) is 55.4 cm³/mol. The molecule has 0 amide bonds. The lowest BCUT2D eigenvalue weighted by Crippen LogP contribution is -2.20. The van der Waals surface area contributed by atoms with Crippen LogP contribution in [-0.4, -0.2) is 23.1 Å². The number of hydrogen-bond donors (Lipinski definition) is 1. The molecule has 0 aliphatic carbocycles. The molecule has 1 aromatic rings. The van der Waals surface area contributed by atoms with Gasteiger partial charge < -0.3 is 0 Å². The van der Waals surface area contributed by atoms with E-state index in [2.05, 4.69) is 5.10 Å². The number of aromatic nitrogens is 2. The van der Waals surface area contributed by atoms with E-state index >= 15 is 0 Å². The largest absolute Gasteiger partial charge is 0.330 e. The zero-order valence-electron chi connectivity index (χ0n) is 9.04. The summed E-state index contributed by atoms with van der Waals surface area (Å²) in [6.07, 6.45) is 0. The van der Waals surface area contributed by atoms with Crippen molar-refractivity contribution in [1.29, 1.82) is 0 Å².